The average Bonchev–Trinajstić information content (AvgIpc) is 2.66. The summed E-state index contributed by atoms with van der Waals surface area (Å²) in [5.74, 6) is 8.28. The van der Waals surface area contributed by atoms with Crippen LogP contribution >= 0.6 is 11.6 Å². The van der Waals surface area contributed by atoms with Crippen molar-refractivity contribution in [3.05, 3.63) is 64.2 Å². The van der Waals surface area contributed by atoms with Crippen LogP contribution in [0.1, 0.15) is 48.7 Å². The fourth-order valence-corrected chi connectivity index (χ4v) is 3.01. The van der Waals surface area contributed by atoms with E-state index in [1.807, 2.05) is 0 Å². The normalized spacial score (nSPS) is 13.5. The molecule has 0 spiro atoms. The van der Waals surface area contributed by atoms with E-state index in [1.165, 1.54) is 13.8 Å². The Morgan fingerprint density at radius 3 is 2.36 bits per heavy atom. The maximum Gasteiger partial charge on any atom is 0.269 e. The highest BCUT2D eigenvalue weighted by Gasteiger charge is 2.32. The van der Waals surface area contributed by atoms with Crippen LogP contribution in [0, 0.1) is 12.3 Å². The van der Waals surface area contributed by atoms with E-state index in [0.29, 0.717) is 34.7 Å². The van der Waals surface area contributed by atoms with Gasteiger partial charge in [-0.3, -0.25) is 9.80 Å². The summed E-state index contributed by atoms with van der Waals surface area (Å²) in [6, 6.07) is 11.4. The number of nitrogens with zero attached hydrogens (tertiary/aromatic N) is 1. The van der Waals surface area contributed by atoms with E-state index in [0.717, 1.165) is 10.6 Å². The van der Waals surface area contributed by atoms with Gasteiger partial charge in [0.1, 0.15) is 11.2 Å². The van der Waals surface area contributed by atoms with E-state index in [4.69, 9.17) is 29.6 Å². The molecular weight excluding hydrogens is 377 g/mol. The van der Waals surface area contributed by atoms with Crippen molar-refractivity contribution in [1.29, 1.82) is 0 Å². The number of hydrogen-bond donors (Lipinski definition) is 2. The largest absolute Gasteiger partial charge is 0.399 e. The number of terminal acetylenes is 1. The summed E-state index contributed by atoms with van der Waals surface area (Å²) in [4.78, 5) is 12.8. The van der Waals surface area contributed by atoms with E-state index < -0.39 is 17.1 Å². The number of nitrogen functional groups attached to an aromatic ring is 1. The number of carbonyl (C=O) groups excluding carboxylic acids is 1. The van der Waals surface area contributed by atoms with Crippen molar-refractivity contribution in [2.75, 3.05) is 5.73 Å². The van der Waals surface area contributed by atoms with Gasteiger partial charge in [-0.05, 0) is 75.1 Å². The fourth-order valence-electron chi connectivity index (χ4n) is 2.80. The molecule has 0 bridgehead atoms. The standard InChI is InChI=1S/C22H25ClFN3O/c1-5-22(4,13-12-16-14-18(25)10-11-19(16)23)27(26)20(28)15-6-8-17(9-7-15)21(2,3)24/h1,6-11,14H,12-13,25-26H2,2-4H3. The first-order valence-electron chi connectivity index (χ1n) is 8.88. The monoisotopic (exact) mass is 401 g/mol. The quantitative estimate of drug-likeness (QED) is 0.246. The number of halogens is 2. The molecule has 0 saturated carbocycles. The molecule has 148 valence electrons. The van der Waals surface area contributed by atoms with Crippen LogP contribution in [0.15, 0.2) is 42.5 Å². The third-order valence-corrected chi connectivity index (χ3v) is 5.20. The summed E-state index contributed by atoms with van der Waals surface area (Å²) < 4.78 is 14.0. The van der Waals surface area contributed by atoms with Crippen LogP contribution in [0.2, 0.25) is 5.02 Å². The van der Waals surface area contributed by atoms with Crippen LogP contribution in [0.25, 0.3) is 0 Å². The maximum absolute atomic E-state index is 14.0. The second-order valence-corrected chi connectivity index (χ2v) is 7.90. The Kier molecular flexibility index (Phi) is 6.38. The molecule has 1 amide bonds. The van der Waals surface area contributed by atoms with E-state index in [1.54, 1.807) is 49.4 Å². The minimum atomic E-state index is -1.49. The number of alkyl halides is 1. The molecule has 4 N–H and O–H groups in total. The van der Waals surface area contributed by atoms with Gasteiger partial charge in [0.25, 0.3) is 5.91 Å². The molecule has 2 rings (SSSR count). The predicted molar refractivity (Wildman–Crippen MR) is 112 cm³/mol. The lowest BCUT2D eigenvalue weighted by Crippen LogP contribution is -2.53. The molecule has 28 heavy (non-hydrogen) atoms. The minimum Gasteiger partial charge on any atom is -0.399 e. The third-order valence-electron chi connectivity index (χ3n) is 4.83. The molecule has 0 aromatic heterocycles. The molecule has 2 aromatic carbocycles. The Morgan fingerprint density at radius 2 is 1.82 bits per heavy atom. The van der Waals surface area contributed by atoms with Gasteiger partial charge in [-0.25, -0.2) is 10.2 Å². The smallest absolute Gasteiger partial charge is 0.269 e. The van der Waals surface area contributed by atoms with Gasteiger partial charge in [0.15, 0.2) is 0 Å². The zero-order chi connectivity index (χ0) is 21.1. The molecular formula is C22H25ClFN3O. The third kappa shape index (κ3) is 4.83. The van der Waals surface area contributed by atoms with E-state index in [2.05, 4.69) is 5.92 Å². The first kappa shape index (κ1) is 21.7. The van der Waals surface area contributed by atoms with Gasteiger partial charge in [0.05, 0.1) is 0 Å². The Hall–Kier alpha value is -2.55. The highest BCUT2D eigenvalue weighted by atomic mass is 35.5. The number of carbonyl (C=O) groups is 1. The molecule has 6 heteroatoms. The number of rotatable bonds is 6. The second kappa shape index (κ2) is 8.22. The molecule has 2 aromatic rings. The van der Waals surface area contributed by atoms with E-state index in [-0.39, 0.29) is 0 Å². The van der Waals surface area contributed by atoms with Crippen molar-refractivity contribution in [2.24, 2.45) is 5.84 Å². The van der Waals surface area contributed by atoms with Gasteiger partial charge in [0.2, 0.25) is 0 Å². The number of nitrogens with two attached hydrogens (primary N) is 2. The highest BCUT2D eigenvalue weighted by molar-refractivity contribution is 6.31. The van der Waals surface area contributed by atoms with Gasteiger partial charge < -0.3 is 5.73 Å². The van der Waals surface area contributed by atoms with Gasteiger partial charge in [-0.1, -0.05) is 29.7 Å². The van der Waals surface area contributed by atoms with Crippen LogP contribution in [-0.4, -0.2) is 16.5 Å². The summed E-state index contributed by atoms with van der Waals surface area (Å²) in [6.07, 6.45) is 6.60. The zero-order valence-electron chi connectivity index (χ0n) is 16.3. The van der Waals surface area contributed by atoms with Crippen LogP contribution in [-0.2, 0) is 12.1 Å². The summed E-state index contributed by atoms with van der Waals surface area (Å²) in [7, 11) is 0. The minimum absolute atomic E-state index is 0.332. The lowest BCUT2D eigenvalue weighted by Gasteiger charge is -2.34. The van der Waals surface area contributed by atoms with Crippen molar-refractivity contribution in [3.63, 3.8) is 0 Å². The van der Waals surface area contributed by atoms with Gasteiger partial charge in [-0.2, -0.15) is 0 Å². The van der Waals surface area contributed by atoms with E-state index in [9.17, 15) is 9.18 Å². The van der Waals surface area contributed by atoms with Gasteiger partial charge in [-0.15, -0.1) is 6.42 Å². The van der Waals surface area contributed by atoms with Crippen molar-refractivity contribution in [3.8, 4) is 12.3 Å². The number of anilines is 1. The molecule has 0 saturated heterocycles. The molecule has 0 aliphatic rings. The Bertz CT molecular complexity index is 899. The van der Waals surface area contributed by atoms with Gasteiger partial charge in [0, 0.05) is 16.3 Å². The molecule has 1 atom stereocenters. The second-order valence-electron chi connectivity index (χ2n) is 7.49. The van der Waals surface area contributed by atoms with Crippen LogP contribution in [0.3, 0.4) is 0 Å². The summed E-state index contributed by atoms with van der Waals surface area (Å²) >= 11 is 6.21. The molecule has 0 fully saturated rings. The van der Waals surface area contributed by atoms with Crippen molar-refractivity contribution in [1.82, 2.24) is 5.01 Å². The topological polar surface area (TPSA) is 72.3 Å². The summed E-state index contributed by atoms with van der Waals surface area (Å²) in [6.45, 7) is 4.62. The van der Waals surface area contributed by atoms with Crippen molar-refractivity contribution < 1.29 is 9.18 Å². The zero-order valence-corrected chi connectivity index (χ0v) is 17.1. The fraction of sp³-hybridized carbons (Fsp3) is 0.318. The maximum atomic E-state index is 14.0. The summed E-state index contributed by atoms with van der Waals surface area (Å²) in [5.41, 5.74) is 5.52. The van der Waals surface area contributed by atoms with Crippen molar-refractivity contribution >= 4 is 23.2 Å². The number of aryl methyl sites for hydroxylation is 1. The number of hydrogen-bond acceptors (Lipinski definition) is 3. The average molecular weight is 402 g/mol. The predicted octanol–water partition coefficient (Wildman–Crippen LogP) is 4.47. The van der Waals surface area contributed by atoms with Crippen LogP contribution in [0.5, 0.6) is 0 Å². The lowest BCUT2D eigenvalue weighted by atomic mass is 9.92. The Labute approximate surface area is 170 Å². The molecule has 0 aliphatic carbocycles. The Balaban J connectivity index is 2.18. The van der Waals surface area contributed by atoms with Crippen LogP contribution < -0.4 is 11.6 Å². The number of hydrazine groups is 1. The molecule has 0 heterocycles. The number of benzene rings is 2. The SMILES string of the molecule is C#CC(C)(CCc1cc(N)ccc1Cl)N(N)C(=O)c1ccc(C(C)(C)F)cc1. The van der Waals surface area contributed by atoms with Crippen LogP contribution in [0.4, 0.5) is 10.1 Å². The molecule has 0 radical (unpaired) electrons. The number of amides is 1. The molecule has 0 aliphatic heterocycles. The van der Waals surface area contributed by atoms with Gasteiger partial charge >= 0.3 is 0 Å². The lowest BCUT2D eigenvalue weighted by molar-refractivity contribution is 0.0600. The summed E-state index contributed by atoms with van der Waals surface area (Å²) in [5, 5.41) is 1.62. The van der Waals surface area contributed by atoms with Crippen molar-refractivity contribution in [2.45, 2.75) is 44.8 Å². The highest BCUT2D eigenvalue weighted by Crippen LogP contribution is 2.27. The first-order chi connectivity index (χ1) is 13.0. The molecule has 1 unspecified atom stereocenters. The molecule has 4 nitrogen and oxygen atoms in total. The Morgan fingerprint density at radius 1 is 1.21 bits per heavy atom. The first-order valence-corrected chi connectivity index (χ1v) is 9.26. The van der Waals surface area contributed by atoms with E-state index >= 15 is 0 Å².